The minimum atomic E-state index is -0.447. The van der Waals surface area contributed by atoms with Crippen LogP contribution in [0.15, 0.2) is 28.8 Å². The predicted octanol–water partition coefficient (Wildman–Crippen LogP) is 3.17. The lowest BCUT2D eigenvalue weighted by Crippen LogP contribution is -2.37. The van der Waals surface area contributed by atoms with Gasteiger partial charge in [0.05, 0.1) is 6.10 Å². The van der Waals surface area contributed by atoms with Gasteiger partial charge in [-0.2, -0.15) is 4.98 Å². The number of rotatable bonds is 5. The second-order valence-electron chi connectivity index (χ2n) is 7.24. The Kier molecular flexibility index (Phi) is 4.37. The molecule has 1 aliphatic heterocycles. The minimum absolute atomic E-state index is 0.319. The molecule has 2 fully saturated rings. The number of benzene rings is 1. The Hall–Kier alpha value is -1.72. The molecule has 24 heavy (non-hydrogen) atoms. The van der Waals surface area contributed by atoms with E-state index in [0.717, 1.165) is 48.8 Å². The molecule has 5 nitrogen and oxygen atoms in total. The van der Waals surface area contributed by atoms with Crippen molar-refractivity contribution in [3.63, 3.8) is 0 Å². The zero-order valence-electron chi connectivity index (χ0n) is 14.2. The van der Waals surface area contributed by atoms with Crippen molar-refractivity contribution in [2.45, 2.75) is 50.5 Å². The summed E-state index contributed by atoms with van der Waals surface area (Å²) >= 11 is 0. The van der Waals surface area contributed by atoms with Crippen LogP contribution in [0.3, 0.4) is 0 Å². The first-order valence-electron chi connectivity index (χ1n) is 9.00. The fraction of sp³-hybridized carbons (Fsp3) is 0.579. The van der Waals surface area contributed by atoms with Crippen molar-refractivity contribution in [1.82, 2.24) is 15.0 Å². The molecular weight excluding hydrogens is 302 g/mol. The monoisotopic (exact) mass is 327 g/mol. The van der Waals surface area contributed by atoms with Crippen molar-refractivity contribution >= 4 is 0 Å². The molecular formula is C19H25N3O2. The quantitative estimate of drug-likeness (QED) is 0.914. The average Bonchev–Trinajstić information content (AvgIpc) is 3.32. The fourth-order valence-electron chi connectivity index (χ4n) is 3.64. The van der Waals surface area contributed by atoms with Crippen LogP contribution in [0.2, 0.25) is 0 Å². The summed E-state index contributed by atoms with van der Waals surface area (Å²) in [5.74, 6) is 2.50. The first-order chi connectivity index (χ1) is 11.7. The van der Waals surface area contributed by atoms with Gasteiger partial charge in [0.15, 0.2) is 5.82 Å². The maximum atomic E-state index is 10.6. The first-order valence-corrected chi connectivity index (χ1v) is 9.00. The number of aryl methyl sites for hydroxylation is 1. The van der Waals surface area contributed by atoms with Crippen molar-refractivity contribution in [3.8, 4) is 0 Å². The molecule has 0 radical (unpaired) electrons. The zero-order chi connectivity index (χ0) is 16.5. The number of aromatic nitrogens is 2. The van der Waals surface area contributed by atoms with Gasteiger partial charge in [0.2, 0.25) is 5.89 Å². The minimum Gasteiger partial charge on any atom is -0.387 e. The van der Waals surface area contributed by atoms with E-state index in [2.05, 4.69) is 28.0 Å². The Balaban J connectivity index is 1.40. The van der Waals surface area contributed by atoms with E-state index >= 15 is 0 Å². The third-order valence-corrected chi connectivity index (χ3v) is 5.23. The van der Waals surface area contributed by atoms with Crippen molar-refractivity contribution in [1.29, 1.82) is 0 Å². The van der Waals surface area contributed by atoms with Gasteiger partial charge >= 0.3 is 0 Å². The Labute approximate surface area is 142 Å². The highest BCUT2D eigenvalue weighted by molar-refractivity contribution is 5.27. The molecule has 2 aromatic rings. The number of aliphatic hydroxyl groups is 1. The topological polar surface area (TPSA) is 62.4 Å². The van der Waals surface area contributed by atoms with Crippen LogP contribution in [0.25, 0.3) is 0 Å². The van der Waals surface area contributed by atoms with Gasteiger partial charge in [0.25, 0.3) is 0 Å². The third-order valence-electron chi connectivity index (χ3n) is 5.23. The van der Waals surface area contributed by atoms with Gasteiger partial charge in [-0.05, 0) is 50.3 Å². The standard InChI is InChI=1S/C19H25N3O2/c1-13-5-2-3-7-16(13)17(23)12-22-10-4-6-15(11-22)18-20-19(24-21-18)14-8-9-14/h2-3,5,7,14-15,17,23H,4,6,8-12H2,1H3/t15-,17-/m1/s1. The molecule has 0 bridgehead atoms. The highest BCUT2D eigenvalue weighted by atomic mass is 16.5. The van der Waals surface area contributed by atoms with E-state index < -0.39 is 6.10 Å². The van der Waals surface area contributed by atoms with Crippen LogP contribution in [0.4, 0.5) is 0 Å². The smallest absolute Gasteiger partial charge is 0.229 e. The van der Waals surface area contributed by atoms with Crippen molar-refractivity contribution in [3.05, 3.63) is 47.1 Å². The van der Waals surface area contributed by atoms with E-state index in [1.54, 1.807) is 0 Å². The first kappa shape index (κ1) is 15.8. The SMILES string of the molecule is Cc1ccccc1[C@H](O)CN1CCC[C@@H](c2noc(C3CC3)n2)C1. The lowest BCUT2D eigenvalue weighted by molar-refractivity contribution is 0.0938. The van der Waals surface area contributed by atoms with Gasteiger partial charge < -0.3 is 9.63 Å². The summed E-state index contributed by atoms with van der Waals surface area (Å²) in [7, 11) is 0. The van der Waals surface area contributed by atoms with Crippen molar-refractivity contribution in [2.75, 3.05) is 19.6 Å². The van der Waals surface area contributed by atoms with E-state index in [1.165, 1.54) is 12.8 Å². The molecule has 1 aromatic heterocycles. The zero-order valence-corrected chi connectivity index (χ0v) is 14.2. The van der Waals surface area contributed by atoms with Crippen LogP contribution >= 0.6 is 0 Å². The number of aliphatic hydroxyl groups excluding tert-OH is 1. The highest BCUT2D eigenvalue weighted by Gasteiger charge is 2.32. The van der Waals surface area contributed by atoms with Gasteiger partial charge in [0, 0.05) is 24.9 Å². The van der Waals surface area contributed by atoms with Crippen molar-refractivity contribution in [2.24, 2.45) is 0 Å². The van der Waals surface area contributed by atoms with Crippen LogP contribution in [-0.2, 0) is 0 Å². The number of likely N-dealkylation sites (tertiary alicyclic amines) is 1. The molecule has 1 saturated carbocycles. The Morgan fingerprint density at radius 1 is 1.25 bits per heavy atom. The molecule has 1 saturated heterocycles. The maximum absolute atomic E-state index is 10.6. The number of β-amino-alcohol motifs (C(OH)–C–C–N with tert-alkyl or cyclic N) is 1. The number of hydrogen-bond donors (Lipinski definition) is 1. The molecule has 1 aliphatic carbocycles. The van der Waals surface area contributed by atoms with E-state index in [9.17, 15) is 5.11 Å². The van der Waals surface area contributed by atoms with E-state index in [4.69, 9.17) is 4.52 Å². The Bertz CT molecular complexity index is 695. The molecule has 5 heteroatoms. The summed E-state index contributed by atoms with van der Waals surface area (Å²) in [6.07, 6.45) is 4.12. The summed E-state index contributed by atoms with van der Waals surface area (Å²) in [4.78, 5) is 6.95. The van der Waals surface area contributed by atoms with Crippen molar-refractivity contribution < 1.29 is 9.63 Å². The second-order valence-corrected chi connectivity index (χ2v) is 7.24. The Morgan fingerprint density at radius 3 is 2.88 bits per heavy atom. The third kappa shape index (κ3) is 3.37. The van der Waals surface area contributed by atoms with Gasteiger partial charge in [-0.1, -0.05) is 29.4 Å². The van der Waals surface area contributed by atoms with Crippen LogP contribution in [0, 0.1) is 6.92 Å². The molecule has 2 heterocycles. The molecule has 4 rings (SSSR count). The van der Waals surface area contributed by atoms with Crippen LogP contribution in [-0.4, -0.2) is 39.8 Å². The largest absolute Gasteiger partial charge is 0.387 e. The predicted molar refractivity (Wildman–Crippen MR) is 90.8 cm³/mol. The molecule has 128 valence electrons. The molecule has 2 atom stereocenters. The van der Waals surface area contributed by atoms with Crippen LogP contribution in [0.1, 0.15) is 66.5 Å². The van der Waals surface area contributed by atoms with E-state index in [-0.39, 0.29) is 0 Å². The highest BCUT2D eigenvalue weighted by Crippen LogP contribution is 2.39. The van der Waals surface area contributed by atoms with Gasteiger partial charge in [-0.25, -0.2) is 0 Å². The molecule has 1 N–H and O–H groups in total. The van der Waals surface area contributed by atoms with E-state index in [0.29, 0.717) is 18.4 Å². The van der Waals surface area contributed by atoms with Crippen LogP contribution < -0.4 is 0 Å². The van der Waals surface area contributed by atoms with Gasteiger partial charge in [-0.3, -0.25) is 4.90 Å². The summed E-state index contributed by atoms with van der Waals surface area (Å²) in [5, 5.41) is 14.8. The lowest BCUT2D eigenvalue weighted by Gasteiger charge is -2.32. The summed E-state index contributed by atoms with van der Waals surface area (Å²) in [5.41, 5.74) is 2.17. The molecule has 0 amide bonds. The molecule has 0 spiro atoms. The second kappa shape index (κ2) is 6.65. The summed E-state index contributed by atoms with van der Waals surface area (Å²) in [6, 6.07) is 8.07. The molecule has 0 unspecified atom stereocenters. The number of nitrogens with zero attached hydrogens (tertiary/aromatic N) is 3. The average molecular weight is 327 g/mol. The normalized spacial score (nSPS) is 23.3. The van der Waals surface area contributed by atoms with Crippen LogP contribution in [0.5, 0.6) is 0 Å². The number of piperidine rings is 1. The summed E-state index contributed by atoms with van der Waals surface area (Å²) < 4.78 is 5.41. The van der Waals surface area contributed by atoms with Gasteiger partial charge in [0.1, 0.15) is 0 Å². The molecule has 1 aromatic carbocycles. The maximum Gasteiger partial charge on any atom is 0.229 e. The molecule has 2 aliphatic rings. The van der Waals surface area contributed by atoms with E-state index in [1.807, 2.05) is 18.2 Å². The van der Waals surface area contributed by atoms with Gasteiger partial charge in [-0.15, -0.1) is 0 Å². The summed E-state index contributed by atoms with van der Waals surface area (Å²) in [6.45, 7) is 4.63. The Morgan fingerprint density at radius 2 is 2.08 bits per heavy atom. The lowest BCUT2D eigenvalue weighted by atomic mass is 9.96. The fourth-order valence-corrected chi connectivity index (χ4v) is 3.64. The number of hydrogen-bond acceptors (Lipinski definition) is 5.